The Balaban J connectivity index is 0.000000203. The summed E-state index contributed by atoms with van der Waals surface area (Å²) < 4.78 is 44.9. The molecule has 0 bridgehead atoms. The van der Waals surface area contributed by atoms with Crippen molar-refractivity contribution in [3.63, 3.8) is 0 Å². The summed E-state index contributed by atoms with van der Waals surface area (Å²) in [6.45, 7) is 15.3. The van der Waals surface area contributed by atoms with Crippen molar-refractivity contribution in [1.82, 2.24) is 29.6 Å². The van der Waals surface area contributed by atoms with E-state index in [1.165, 1.54) is 72.5 Å². The molecule has 6 aliphatic rings. The van der Waals surface area contributed by atoms with Gasteiger partial charge in [-0.05, 0) is 172 Å². The van der Waals surface area contributed by atoms with Gasteiger partial charge in [-0.1, -0.05) is 50.2 Å². The van der Waals surface area contributed by atoms with Gasteiger partial charge in [0.2, 0.25) is 0 Å². The Morgan fingerprint density at radius 2 is 0.966 bits per heavy atom. The molecular formula is C69H79F2N6NaO9. The number of carbonyl (C=O) groups is 4. The van der Waals surface area contributed by atoms with Crippen LogP contribution in [-0.2, 0) is 30.7 Å². The van der Waals surface area contributed by atoms with Crippen LogP contribution >= 0.6 is 0 Å². The van der Waals surface area contributed by atoms with Crippen molar-refractivity contribution >= 4 is 23.8 Å². The minimum atomic E-state index is -1.06. The molecule has 4 aliphatic heterocycles. The smallest absolute Gasteiger partial charge is 0.870 e. The summed E-state index contributed by atoms with van der Waals surface area (Å²) >= 11 is 0. The van der Waals surface area contributed by atoms with Crippen molar-refractivity contribution < 1.29 is 82.3 Å². The number of aromatic nitrogens is 2. The Morgan fingerprint density at radius 1 is 0.575 bits per heavy atom. The van der Waals surface area contributed by atoms with Crippen LogP contribution in [0.1, 0.15) is 176 Å². The van der Waals surface area contributed by atoms with Gasteiger partial charge in [0.05, 0.1) is 65.4 Å². The molecule has 454 valence electrons. The molecule has 2 saturated heterocycles. The number of hydrogen-bond donors (Lipinski definition) is 1. The number of fused-ring (bicyclic) bond motifs is 2. The fourth-order valence-electron chi connectivity index (χ4n) is 13.1. The number of halogens is 2. The maximum atomic E-state index is 13.7. The molecule has 4 aromatic carbocycles. The molecule has 4 fully saturated rings. The number of methoxy groups -OCH3 is 1. The van der Waals surface area contributed by atoms with E-state index in [9.17, 15) is 33.1 Å². The zero-order chi connectivity index (χ0) is 59.5. The molecule has 2 N–H and O–H groups in total. The molecule has 2 amide bonds. The van der Waals surface area contributed by atoms with Gasteiger partial charge in [-0.2, -0.15) is 0 Å². The van der Waals surface area contributed by atoms with Crippen molar-refractivity contribution in [3.8, 4) is 33.8 Å². The fraction of sp³-hybridized carbons (Fsp3) is 0.449. The summed E-state index contributed by atoms with van der Waals surface area (Å²) in [4.78, 5) is 68.6. The Labute approximate surface area is 531 Å². The standard InChI is InChI=1S/C35H40FN3O4.C34H38FN3O4.Na.H2O/c1-4-17-43-32-19-23(18-29(24-5-6-24)33(32)25-7-9-26(36)10-8-25)21-38-14-11-27(12-15-38)39-16-13-31-30(34(39)40)20-28(22(2)37-31)35(41)42-3;1-3-16-42-31-18-22(17-28(23-4-5-23)32(31)24-6-8-25(35)9-7-24)20-37-13-10-26(11-14-37)38-15-12-30-29(33(38)39)19-27(34(40)41)21(2)36-30;;/h7-10,18-20,24,27H,4-6,11-17,21H2,1-3H3;6-9,17-19,23,26H,3-5,10-16,20H2,1-2H3,(H,40,41);;1H2/q;;+1;/p-1. The van der Waals surface area contributed by atoms with E-state index >= 15 is 0 Å². The topological polar surface area (TPSA) is 185 Å². The van der Waals surface area contributed by atoms with Gasteiger partial charge >= 0.3 is 41.5 Å². The van der Waals surface area contributed by atoms with E-state index < -0.39 is 11.9 Å². The minimum Gasteiger partial charge on any atom is -0.870 e. The predicted molar refractivity (Wildman–Crippen MR) is 323 cm³/mol. The second kappa shape index (κ2) is 28.7. The van der Waals surface area contributed by atoms with Gasteiger partial charge in [0.1, 0.15) is 23.1 Å². The maximum Gasteiger partial charge on any atom is 1.00 e. The summed E-state index contributed by atoms with van der Waals surface area (Å²) in [6, 6.07) is 25.9. The van der Waals surface area contributed by atoms with Gasteiger partial charge in [-0.15, -0.1) is 0 Å². The van der Waals surface area contributed by atoms with Gasteiger partial charge in [0.25, 0.3) is 11.8 Å². The number of amides is 2. The molecule has 0 atom stereocenters. The number of likely N-dealkylation sites (tertiary alicyclic amines) is 2. The minimum absolute atomic E-state index is 0. The van der Waals surface area contributed by atoms with Crippen LogP contribution in [0.2, 0.25) is 0 Å². The average Bonchev–Trinajstić information content (AvgIpc) is 2.08. The molecule has 0 unspecified atom stereocenters. The Kier molecular flexibility index (Phi) is 21.4. The van der Waals surface area contributed by atoms with E-state index in [1.807, 2.05) is 34.1 Å². The average molecular weight is 1200 g/mol. The first-order valence-corrected chi connectivity index (χ1v) is 30.7. The van der Waals surface area contributed by atoms with Gasteiger partial charge in [0, 0.05) is 88.4 Å². The maximum absolute atomic E-state index is 13.7. The Hall–Kier alpha value is -6.60. The number of aromatic carboxylic acids is 1. The fourth-order valence-corrected chi connectivity index (χ4v) is 13.1. The number of carboxylic acid groups (broad SMARTS) is 1. The number of hydrogen-bond acceptors (Lipinski definition) is 12. The number of carboxylic acids is 1. The first-order chi connectivity index (χ1) is 41.2. The second-order valence-corrected chi connectivity index (χ2v) is 23.9. The van der Waals surface area contributed by atoms with Crippen molar-refractivity contribution in [2.45, 2.75) is 142 Å². The molecule has 12 rings (SSSR count). The zero-order valence-electron chi connectivity index (χ0n) is 51.1. The van der Waals surface area contributed by atoms with Crippen LogP contribution in [0.3, 0.4) is 0 Å². The number of benzene rings is 4. The van der Waals surface area contributed by atoms with E-state index in [4.69, 9.17) is 14.2 Å². The SMILES string of the molecule is CCCOc1cc(CN2CCC(N3CCc4nc(C)c(C(=O)O)cc4C3=O)CC2)cc(C2CC2)c1-c1ccc(F)cc1.CCCOc1cc(CN2CCC(N3CCc4nc(C)c(C(=O)OC)cc4C3=O)CC2)cc(C2CC2)c1-c1ccc(F)cc1.[Na+].[OH-]. The van der Waals surface area contributed by atoms with Crippen molar-refractivity contribution in [2.24, 2.45) is 0 Å². The molecule has 15 nitrogen and oxygen atoms in total. The van der Waals surface area contributed by atoms with Gasteiger partial charge in [-0.25, -0.2) is 18.4 Å². The first kappa shape index (κ1) is 64.9. The summed E-state index contributed by atoms with van der Waals surface area (Å²) in [5, 5.41) is 9.52. The van der Waals surface area contributed by atoms with Crippen LogP contribution < -0.4 is 39.0 Å². The molecule has 6 heterocycles. The molecule has 2 aromatic heterocycles. The van der Waals surface area contributed by atoms with Crippen LogP contribution in [0, 0.1) is 25.5 Å². The molecule has 2 saturated carbocycles. The normalized spacial score (nSPS) is 17.3. The van der Waals surface area contributed by atoms with Gasteiger partial charge < -0.3 is 34.6 Å². The van der Waals surface area contributed by atoms with E-state index in [-0.39, 0.29) is 76.1 Å². The summed E-state index contributed by atoms with van der Waals surface area (Å²) in [5.41, 5.74) is 13.1. The third-order valence-corrected chi connectivity index (χ3v) is 17.8. The molecule has 87 heavy (non-hydrogen) atoms. The number of aryl methyl sites for hydroxylation is 2. The molecule has 0 radical (unpaired) electrons. The quantitative estimate of drug-likeness (QED) is 0.0635. The summed E-state index contributed by atoms with van der Waals surface area (Å²) in [5.74, 6) is 0.637. The van der Waals surface area contributed by atoms with Crippen LogP contribution in [0.5, 0.6) is 11.5 Å². The number of pyridine rings is 2. The van der Waals surface area contributed by atoms with E-state index in [1.54, 1.807) is 19.9 Å². The number of piperidine rings is 2. The van der Waals surface area contributed by atoms with Crippen LogP contribution in [0.4, 0.5) is 8.78 Å². The van der Waals surface area contributed by atoms with Gasteiger partial charge in [-0.3, -0.25) is 29.4 Å². The summed E-state index contributed by atoms with van der Waals surface area (Å²) in [7, 11) is 1.34. The third-order valence-electron chi connectivity index (χ3n) is 17.8. The van der Waals surface area contributed by atoms with Gasteiger partial charge in [0.15, 0.2) is 0 Å². The van der Waals surface area contributed by atoms with Crippen molar-refractivity contribution in [3.05, 3.63) is 164 Å². The number of rotatable bonds is 18. The monoisotopic (exact) mass is 1200 g/mol. The predicted octanol–water partition coefficient (Wildman–Crippen LogP) is 9.36. The van der Waals surface area contributed by atoms with Crippen molar-refractivity contribution in [2.75, 3.05) is 59.6 Å². The number of esters is 1. The van der Waals surface area contributed by atoms with Crippen LogP contribution in [0.25, 0.3) is 22.3 Å². The van der Waals surface area contributed by atoms with E-state index in [2.05, 4.69) is 57.9 Å². The number of nitrogens with zero attached hydrogens (tertiary/aromatic N) is 6. The number of ether oxygens (including phenoxy) is 3. The van der Waals surface area contributed by atoms with E-state index in [0.717, 1.165) is 130 Å². The number of carbonyl (C=O) groups excluding carboxylic acids is 3. The largest absolute Gasteiger partial charge is 1.00 e. The third kappa shape index (κ3) is 14.8. The molecule has 6 aromatic rings. The van der Waals surface area contributed by atoms with Crippen LogP contribution in [0.15, 0.2) is 84.9 Å². The summed E-state index contributed by atoms with van der Waals surface area (Å²) in [6.07, 6.45) is 11.3. The molecule has 2 aliphatic carbocycles. The molecule has 18 heteroatoms. The first-order valence-electron chi connectivity index (χ1n) is 30.7. The Morgan fingerprint density at radius 3 is 1.33 bits per heavy atom. The second-order valence-electron chi connectivity index (χ2n) is 23.9. The van der Waals surface area contributed by atoms with Crippen molar-refractivity contribution in [1.29, 1.82) is 0 Å². The molecule has 0 spiro atoms. The molecular weight excluding hydrogens is 1120 g/mol. The zero-order valence-corrected chi connectivity index (χ0v) is 53.1. The van der Waals surface area contributed by atoms with Crippen LogP contribution in [-0.4, -0.2) is 136 Å². The van der Waals surface area contributed by atoms with E-state index in [0.29, 0.717) is 84.8 Å². The Bertz CT molecular complexity index is 3470.